The van der Waals surface area contributed by atoms with Gasteiger partial charge in [-0.25, -0.2) is 9.97 Å². The summed E-state index contributed by atoms with van der Waals surface area (Å²) in [6.07, 6.45) is 4.56. The molecule has 2 aromatic heterocycles. The predicted octanol–water partition coefficient (Wildman–Crippen LogP) is 1.22. The summed E-state index contributed by atoms with van der Waals surface area (Å²) in [5.74, 6) is -0.541. The van der Waals surface area contributed by atoms with Crippen LogP contribution < -0.4 is 0 Å². The monoisotopic (exact) mass is 234 g/mol. The van der Waals surface area contributed by atoms with Gasteiger partial charge in [-0.3, -0.25) is 4.79 Å². The predicted molar refractivity (Wildman–Crippen MR) is 58.6 cm³/mol. The van der Waals surface area contributed by atoms with Gasteiger partial charge in [0, 0.05) is 25.6 Å². The highest BCUT2D eigenvalue weighted by Gasteiger charge is 2.17. The van der Waals surface area contributed by atoms with Crippen LogP contribution in [-0.2, 0) is 6.54 Å². The van der Waals surface area contributed by atoms with Gasteiger partial charge in [0.1, 0.15) is 5.82 Å². The number of pyridine rings is 1. The fourth-order valence-corrected chi connectivity index (χ4v) is 1.43. The molecule has 0 aliphatic heterocycles. The van der Waals surface area contributed by atoms with Crippen molar-refractivity contribution in [3.8, 4) is 0 Å². The molecule has 0 fully saturated rings. The minimum atomic E-state index is -0.760. The number of hydrogen-bond acceptors (Lipinski definition) is 3. The van der Waals surface area contributed by atoms with Crippen LogP contribution in [0.2, 0.25) is 0 Å². The van der Waals surface area contributed by atoms with Crippen LogP contribution in [0.15, 0.2) is 30.7 Å². The van der Waals surface area contributed by atoms with Gasteiger partial charge >= 0.3 is 0 Å². The summed E-state index contributed by atoms with van der Waals surface area (Å²) >= 11 is 0. The molecule has 0 aromatic carbocycles. The first-order chi connectivity index (χ1) is 8.18. The Morgan fingerprint density at radius 1 is 1.47 bits per heavy atom. The van der Waals surface area contributed by atoms with Gasteiger partial charge < -0.3 is 9.88 Å². The number of nitrogens with zero attached hydrogens (tertiary/aromatic N) is 3. The minimum Gasteiger partial charge on any atom is -0.347 e. The highest BCUT2D eigenvalue weighted by molar-refractivity contribution is 5.93. The fraction of sp³-hybridized carbons (Fsp3) is 0.182. The van der Waals surface area contributed by atoms with E-state index in [1.54, 1.807) is 19.4 Å². The Balaban J connectivity index is 2.13. The number of imidazole rings is 1. The fourth-order valence-electron chi connectivity index (χ4n) is 1.43. The summed E-state index contributed by atoms with van der Waals surface area (Å²) in [7, 11) is 1.58. The second kappa shape index (κ2) is 4.73. The molecule has 2 aromatic rings. The molecule has 88 valence electrons. The van der Waals surface area contributed by atoms with Crippen LogP contribution in [0.3, 0.4) is 0 Å². The summed E-state index contributed by atoms with van der Waals surface area (Å²) in [5.41, 5.74) is -0.0402. The molecule has 0 unspecified atom stereocenters. The molecule has 0 bridgehead atoms. The zero-order valence-electron chi connectivity index (χ0n) is 9.22. The number of amides is 1. The van der Waals surface area contributed by atoms with Crippen molar-refractivity contribution in [3.05, 3.63) is 48.1 Å². The second-order valence-electron chi connectivity index (χ2n) is 3.54. The first-order valence-corrected chi connectivity index (χ1v) is 5.02. The summed E-state index contributed by atoms with van der Waals surface area (Å²) < 4.78 is 13.3. The highest BCUT2D eigenvalue weighted by atomic mass is 19.1. The molecule has 0 aliphatic carbocycles. The molecule has 2 rings (SSSR count). The number of carbonyl (C=O) groups excluding carboxylic acids is 1. The van der Waals surface area contributed by atoms with Gasteiger partial charge in [-0.1, -0.05) is 0 Å². The Morgan fingerprint density at radius 3 is 2.94 bits per heavy atom. The number of nitrogens with one attached hydrogen (secondary N) is 1. The van der Waals surface area contributed by atoms with Crippen LogP contribution in [0.5, 0.6) is 0 Å². The van der Waals surface area contributed by atoms with Gasteiger partial charge in [0.25, 0.3) is 5.91 Å². The van der Waals surface area contributed by atoms with Crippen molar-refractivity contribution in [1.29, 1.82) is 0 Å². The molecule has 0 saturated carbocycles. The smallest absolute Gasteiger partial charge is 0.258 e. The zero-order chi connectivity index (χ0) is 12.3. The summed E-state index contributed by atoms with van der Waals surface area (Å²) in [6.45, 7) is 0.292. The van der Waals surface area contributed by atoms with Gasteiger partial charge in [0.15, 0.2) is 0 Å². The lowest BCUT2D eigenvalue weighted by atomic mass is 10.2. The Morgan fingerprint density at radius 2 is 2.29 bits per heavy atom. The maximum absolute atomic E-state index is 13.3. The van der Waals surface area contributed by atoms with Gasteiger partial charge in [0.05, 0.1) is 12.1 Å². The molecule has 6 heteroatoms. The minimum absolute atomic E-state index is 0.0402. The Bertz CT molecular complexity index is 512. The quantitative estimate of drug-likeness (QED) is 0.812. The average molecular weight is 234 g/mol. The third-order valence-electron chi connectivity index (χ3n) is 2.28. The molecular formula is C11H11FN4O. The standard InChI is InChI=1S/C11H11FN4O/c1-16(7-9-13-5-6-14-9)11(17)8-3-2-4-15-10(8)12/h2-6H,7H2,1H3,(H,13,14). The van der Waals surface area contributed by atoms with E-state index in [1.165, 1.54) is 23.2 Å². The van der Waals surface area contributed by atoms with E-state index in [-0.39, 0.29) is 5.56 Å². The Hall–Kier alpha value is -2.24. The maximum Gasteiger partial charge on any atom is 0.258 e. The van der Waals surface area contributed by atoms with Gasteiger partial charge in [-0.2, -0.15) is 4.39 Å². The maximum atomic E-state index is 13.3. The van der Waals surface area contributed by atoms with Crippen molar-refractivity contribution < 1.29 is 9.18 Å². The van der Waals surface area contributed by atoms with E-state index in [0.717, 1.165) is 0 Å². The van der Waals surface area contributed by atoms with Crippen LogP contribution >= 0.6 is 0 Å². The van der Waals surface area contributed by atoms with E-state index >= 15 is 0 Å². The summed E-state index contributed by atoms with van der Waals surface area (Å²) in [5, 5.41) is 0. The van der Waals surface area contributed by atoms with Gasteiger partial charge in [0.2, 0.25) is 5.95 Å². The van der Waals surface area contributed by atoms with Crippen LogP contribution in [0.25, 0.3) is 0 Å². The number of carbonyl (C=O) groups is 1. The van der Waals surface area contributed by atoms with E-state index in [2.05, 4.69) is 15.0 Å². The van der Waals surface area contributed by atoms with Crippen molar-refractivity contribution in [2.75, 3.05) is 7.05 Å². The van der Waals surface area contributed by atoms with Crippen LogP contribution in [-0.4, -0.2) is 32.8 Å². The summed E-state index contributed by atoms with van der Waals surface area (Å²) in [4.78, 5) is 23.6. The third kappa shape index (κ3) is 2.47. The molecule has 1 N–H and O–H groups in total. The molecule has 5 nitrogen and oxygen atoms in total. The first-order valence-electron chi connectivity index (χ1n) is 5.02. The van der Waals surface area contributed by atoms with Crippen molar-refractivity contribution in [1.82, 2.24) is 19.9 Å². The van der Waals surface area contributed by atoms with Crippen molar-refractivity contribution in [2.24, 2.45) is 0 Å². The van der Waals surface area contributed by atoms with E-state index in [9.17, 15) is 9.18 Å². The first kappa shape index (κ1) is 11.3. The molecule has 0 saturated heterocycles. The molecule has 2 heterocycles. The molecular weight excluding hydrogens is 223 g/mol. The SMILES string of the molecule is CN(Cc1ncc[nH]1)C(=O)c1cccnc1F. The number of aromatic amines is 1. The number of hydrogen-bond donors (Lipinski definition) is 1. The van der Waals surface area contributed by atoms with Crippen LogP contribution in [0.4, 0.5) is 4.39 Å². The van der Waals surface area contributed by atoms with Gasteiger partial charge in [-0.15, -0.1) is 0 Å². The lowest BCUT2D eigenvalue weighted by Crippen LogP contribution is -2.27. The Labute approximate surface area is 97.3 Å². The number of rotatable bonds is 3. The average Bonchev–Trinajstić information content (AvgIpc) is 2.81. The Kier molecular flexibility index (Phi) is 3.13. The van der Waals surface area contributed by atoms with E-state index in [1.807, 2.05) is 0 Å². The molecule has 17 heavy (non-hydrogen) atoms. The topological polar surface area (TPSA) is 61.9 Å². The molecule has 0 aliphatic rings. The number of H-pyrrole nitrogens is 1. The van der Waals surface area contributed by atoms with Crippen LogP contribution in [0, 0.1) is 5.95 Å². The highest BCUT2D eigenvalue weighted by Crippen LogP contribution is 2.08. The molecule has 0 spiro atoms. The van der Waals surface area contributed by atoms with E-state index in [4.69, 9.17) is 0 Å². The summed E-state index contributed by atoms with van der Waals surface area (Å²) in [6, 6.07) is 2.93. The third-order valence-corrected chi connectivity index (χ3v) is 2.28. The van der Waals surface area contributed by atoms with Gasteiger partial charge in [-0.05, 0) is 12.1 Å². The number of aromatic nitrogens is 3. The number of halogens is 1. The lowest BCUT2D eigenvalue weighted by molar-refractivity contribution is 0.0776. The zero-order valence-corrected chi connectivity index (χ0v) is 9.22. The largest absolute Gasteiger partial charge is 0.347 e. The second-order valence-corrected chi connectivity index (χ2v) is 3.54. The molecule has 0 radical (unpaired) electrons. The lowest BCUT2D eigenvalue weighted by Gasteiger charge is -2.15. The van der Waals surface area contributed by atoms with E-state index < -0.39 is 11.9 Å². The van der Waals surface area contributed by atoms with Crippen molar-refractivity contribution in [2.45, 2.75) is 6.54 Å². The normalized spacial score (nSPS) is 10.2. The van der Waals surface area contributed by atoms with Crippen molar-refractivity contribution >= 4 is 5.91 Å². The molecule has 0 atom stereocenters. The van der Waals surface area contributed by atoms with Crippen LogP contribution in [0.1, 0.15) is 16.2 Å². The van der Waals surface area contributed by atoms with Crippen molar-refractivity contribution in [3.63, 3.8) is 0 Å². The molecule has 1 amide bonds. The van der Waals surface area contributed by atoms with E-state index in [0.29, 0.717) is 12.4 Å².